The standard InChI is InChI=1S/C20H28N2O5S/c1-13-3-7-17(8-4-13)28(25,26)21-11-20(24)27-12-19(23)22-14(2)18-10-15-5-6-16(18)9-15/h3-4,7-8,14-16,18,21H,5-6,9-12H2,1-2H3,(H,22,23)/t14-,15+,16+,18+/m1/s1. The molecular formula is C20H28N2O5S. The second-order valence-corrected chi connectivity index (χ2v) is 9.76. The Bertz CT molecular complexity index is 822. The molecule has 3 rings (SSSR count). The van der Waals surface area contributed by atoms with Crippen molar-refractivity contribution < 1.29 is 22.7 Å². The molecule has 0 spiro atoms. The summed E-state index contributed by atoms with van der Waals surface area (Å²) in [7, 11) is -3.80. The van der Waals surface area contributed by atoms with Crippen LogP contribution in [0.15, 0.2) is 29.2 Å². The van der Waals surface area contributed by atoms with Gasteiger partial charge in [-0.1, -0.05) is 24.1 Å². The highest BCUT2D eigenvalue weighted by molar-refractivity contribution is 7.89. The summed E-state index contributed by atoms with van der Waals surface area (Å²) in [6.07, 6.45) is 4.97. The minimum absolute atomic E-state index is 0.0570. The number of benzene rings is 1. The number of amides is 1. The van der Waals surface area contributed by atoms with Crippen LogP contribution in [0.4, 0.5) is 0 Å². The van der Waals surface area contributed by atoms with E-state index in [1.54, 1.807) is 12.1 Å². The van der Waals surface area contributed by atoms with E-state index in [4.69, 9.17) is 4.74 Å². The third-order valence-electron chi connectivity index (χ3n) is 5.93. The number of hydrogen-bond donors (Lipinski definition) is 2. The maximum Gasteiger partial charge on any atom is 0.321 e. The highest BCUT2D eigenvalue weighted by Gasteiger charge is 2.42. The molecule has 0 saturated heterocycles. The summed E-state index contributed by atoms with van der Waals surface area (Å²) in [4.78, 5) is 23.9. The molecular weight excluding hydrogens is 380 g/mol. The molecule has 154 valence electrons. The Morgan fingerprint density at radius 3 is 2.50 bits per heavy atom. The number of nitrogens with one attached hydrogen (secondary N) is 2. The van der Waals surface area contributed by atoms with Crippen molar-refractivity contribution in [3.05, 3.63) is 29.8 Å². The summed E-state index contributed by atoms with van der Waals surface area (Å²) in [5.41, 5.74) is 0.934. The molecule has 0 aromatic heterocycles. The van der Waals surface area contributed by atoms with Gasteiger partial charge in [0.1, 0.15) is 6.54 Å². The lowest BCUT2D eigenvalue weighted by atomic mass is 9.84. The molecule has 2 bridgehead atoms. The van der Waals surface area contributed by atoms with Crippen LogP contribution in [0.3, 0.4) is 0 Å². The third kappa shape index (κ3) is 5.11. The zero-order valence-electron chi connectivity index (χ0n) is 16.3. The first-order valence-electron chi connectivity index (χ1n) is 9.76. The fourth-order valence-corrected chi connectivity index (χ4v) is 5.43. The van der Waals surface area contributed by atoms with Crippen molar-refractivity contribution in [3.63, 3.8) is 0 Å². The first-order valence-corrected chi connectivity index (χ1v) is 11.2. The van der Waals surface area contributed by atoms with Gasteiger partial charge >= 0.3 is 5.97 Å². The second-order valence-electron chi connectivity index (χ2n) is 7.99. The number of carbonyl (C=O) groups excluding carboxylic acids is 2. The minimum atomic E-state index is -3.80. The average molecular weight is 409 g/mol. The molecule has 0 radical (unpaired) electrons. The Balaban J connectivity index is 1.39. The first-order chi connectivity index (χ1) is 13.2. The van der Waals surface area contributed by atoms with E-state index in [2.05, 4.69) is 10.0 Å². The van der Waals surface area contributed by atoms with E-state index >= 15 is 0 Å². The lowest BCUT2D eigenvalue weighted by Crippen LogP contribution is -2.42. The van der Waals surface area contributed by atoms with Gasteiger partial charge in [0.05, 0.1) is 4.90 Å². The van der Waals surface area contributed by atoms with Gasteiger partial charge < -0.3 is 10.1 Å². The van der Waals surface area contributed by atoms with E-state index in [9.17, 15) is 18.0 Å². The normalized spacial score (nSPS) is 24.7. The van der Waals surface area contributed by atoms with Gasteiger partial charge in [0, 0.05) is 6.04 Å². The van der Waals surface area contributed by atoms with Gasteiger partial charge in [-0.25, -0.2) is 8.42 Å². The maximum absolute atomic E-state index is 12.1. The Kier molecular flexibility index (Phi) is 6.40. The van der Waals surface area contributed by atoms with Crippen LogP contribution in [0.1, 0.15) is 38.2 Å². The molecule has 1 aromatic rings. The van der Waals surface area contributed by atoms with Crippen molar-refractivity contribution in [1.29, 1.82) is 0 Å². The van der Waals surface area contributed by atoms with Crippen molar-refractivity contribution in [1.82, 2.24) is 10.0 Å². The Morgan fingerprint density at radius 2 is 1.89 bits per heavy atom. The molecule has 0 unspecified atom stereocenters. The fraction of sp³-hybridized carbons (Fsp3) is 0.600. The average Bonchev–Trinajstić information content (AvgIpc) is 3.28. The Hall–Kier alpha value is -1.93. The number of ether oxygens (including phenoxy) is 1. The van der Waals surface area contributed by atoms with Crippen molar-refractivity contribution in [2.45, 2.75) is 50.5 Å². The molecule has 2 aliphatic rings. The molecule has 28 heavy (non-hydrogen) atoms. The molecule has 0 heterocycles. The van der Waals surface area contributed by atoms with Crippen LogP contribution < -0.4 is 10.0 Å². The summed E-state index contributed by atoms with van der Waals surface area (Å²) in [6, 6.07) is 6.34. The van der Waals surface area contributed by atoms with E-state index in [1.807, 2.05) is 13.8 Å². The van der Waals surface area contributed by atoms with Gasteiger partial charge in [-0.3, -0.25) is 9.59 Å². The molecule has 4 atom stereocenters. The summed E-state index contributed by atoms with van der Waals surface area (Å²) >= 11 is 0. The van der Waals surface area contributed by atoms with Gasteiger partial charge in [0.15, 0.2) is 6.61 Å². The van der Waals surface area contributed by atoms with Crippen molar-refractivity contribution >= 4 is 21.9 Å². The van der Waals surface area contributed by atoms with Gasteiger partial charge in [0.25, 0.3) is 5.91 Å². The van der Waals surface area contributed by atoms with Crippen LogP contribution in [0.25, 0.3) is 0 Å². The van der Waals surface area contributed by atoms with Crippen LogP contribution >= 0.6 is 0 Å². The number of fused-ring (bicyclic) bond motifs is 2. The third-order valence-corrected chi connectivity index (χ3v) is 7.34. The Morgan fingerprint density at radius 1 is 1.18 bits per heavy atom. The number of sulfonamides is 1. The predicted octanol–water partition coefficient (Wildman–Crippen LogP) is 1.76. The quantitative estimate of drug-likeness (QED) is 0.638. The second kappa shape index (κ2) is 8.61. The molecule has 1 amide bonds. The van der Waals surface area contributed by atoms with E-state index in [0.29, 0.717) is 11.8 Å². The first kappa shape index (κ1) is 20.8. The number of esters is 1. The van der Waals surface area contributed by atoms with E-state index in [0.717, 1.165) is 17.9 Å². The minimum Gasteiger partial charge on any atom is -0.455 e. The number of hydrogen-bond acceptors (Lipinski definition) is 5. The molecule has 1 aromatic carbocycles. The van der Waals surface area contributed by atoms with Crippen molar-refractivity contribution in [2.24, 2.45) is 17.8 Å². The highest BCUT2D eigenvalue weighted by Crippen LogP contribution is 2.49. The molecule has 8 heteroatoms. The summed E-state index contributed by atoms with van der Waals surface area (Å²) < 4.78 is 31.4. The molecule has 7 nitrogen and oxygen atoms in total. The van der Waals surface area contributed by atoms with E-state index in [-0.39, 0.29) is 16.8 Å². The summed E-state index contributed by atoms with van der Waals surface area (Å²) in [5.74, 6) is 0.843. The van der Waals surface area contributed by atoms with Gasteiger partial charge in [0.2, 0.25) is 10.0 Å². The summed E-state index contributed by atoms with van der Waals surface area (Å²) in [5, 5.41) is 2.91. The number of aryl methyl sites for hydroxylation is 1. The molecule has 2 fully saturated rings. The van der Waals surface area contributed by atoms with Gasteiger partial charge in [-0.2, -0.15) is 4.72 Å². The van der Waals surface area contributed by atoms with Crippen molar-refractivity contribution in [3.8, 4) is 0 Å². The molecule has 2 N–H and O–H groups in total. The number of rotatable bonds is 8. The highest BCUT2D eigenvalue weighted by atomic mass is 32.2. The largest absolute Gasteiger partial charge is 0.455 e. The fourth-order valence-electron chi connectivity index (χ4n) is 4.46. The van der Waals surface area contributed by atoms with Crippen LogP contribution in [0.5, 0.6) is 0 Å². The van der Waals surface area contributed by atoms with Crippen LogP contribution in [-0.4, -0.2) is 39.5 Å². The number of carbonyl (C=O) groups is 2. The van der Waals surface area contributed by atoms with Crippen LogP contribution in [0, 0.1) is 24.7 Å². The van der Waals surface area contributed by atoms with Crippen LogP contribution in [0.2, 0.25) is 0 Å². The topological polar surface area (TPSA) is 102 Å². The van der Waals surface area contributed by atoms with Crippen molar-refractivity contribution in [2.75, 3.05) is 13.2 Å². The maximum atomic E-state index is 12.1. The SMILES string of the molecule is Cc1ccc(S(=O)(=O)NCC(=O)OCC(=O)N[C@H](C)[C@@H]2C[C@H]3CC[C@H]2C3)cc1. The predicted molar refractivity (Wildman–Crippen MR) is 104 cm³/mol. The lowest BCUT2D eigenvalue weighted by Gasteiger charge is -2.28. The van der Waals surface area contributed by atoms with E-state index in [1.165, 1.54) is 31.4 Å². The molecule has 0 aliphatic heterocycles. The lowest BCUT2D eigenvalue weighted by molar-refractivity contribution is -0.147. The smallest absolute Gasteiger partial charge is 0.321 e. The molecule has 2 saturated carbocycles. The monoisotopic (exact) mass is 408 g/mol. The van der Waals surface area contributed by atoms with E-state index < -0.39 is 29.1 Å². The zero-order valence-corrected chi connectivity index (χ0v) is 17.1. The van der Waals surface area contributed by atoms with Gasteiger partial charge in [-0.15, -0.1) is 0 Å². The zero-order chi connectivity index (χ0) is 20.3. The summed E-state index contributed by atoms with van der Waals surface area (Å²) in [6.45, 7) is 2.92. The molecule has 2 aliphatic carbocycles. The van der Waals surface area contributed by atoms with Gasteiger partial charge in [-0.05, 0) is 63.0 Å². The Labute approximate surface area is 166 Å². The van der Waals surface area contributed by atoms with Crippen LogP contribution in [-0.2, 0) is 24.3 Å².